The fraction of sp³-hybridized carbons (Fsp3) is 0.0435. The van der Waals surface area contributed by atoms with E-state index in [0.717, 1.165) is 21.5 Å². The van der Waals surface area contributed by atoms with Crippen LogP contribution >= 0.6 is 27.7 Å². The molecule has 0 spiro atoms. The van der Waals surface area contributed by atoms with E-state index in [0.29, 0.717) is 10.7 Å². The molecule has 3 aromatic carbocycles. The zero-order chi connectivity index (χ0) is 23.2. The van der Waals surface area contributed by atoms with Crippen LogP contribution in [0.5, 0.6) is 11.5 Å². The lowest BCUT2D eigenvalue weighted by Crippen LogP contribution is -2.34. The van der Waals surface area contributed by atoms with Crippen LogP contribution in [0.2, 0.25) is 0 Å². The Morgan fingerprint density at radius 3 is 2.58 bits per heavy atom. The van der Waals surface area contributed by atoms with E-state index in [9.17, 15) is 15.0 Å². The van der Waals surface area contributed by atoms with Crippen molar-refractivity contribution in [3.05, 3.63) is 82.8 Å². The molecule has 1 heterocycles. The SMILES string of the molecule is O=C(CSc1n[nH]c(-c2ccccc2)[n+]1-c1ccc(Br)cc1)N/N=C/c1ccc(O)c(O)c1. The standard InChI is InChI=1S/C23H18BrN5O3S/c24-17-7-9-18(10-8-17)29-22(16-4-2-1-3-5-16)27-28-23(29)33-14-21(32)26-25-13-15-6-11-19(30)20(31)12-15/h1-13H,14H2,(H3,25,26,30,31,32)/p+1. The molecule has 0 saturated heterocycles. The average Bonchev–Trinajstić information content (AvgIpc) is 3.25. The molecule has 4 N–H and O–H groups in total. The van der Waals surface area contributed by atoms with Crippen LogP contribution in [0.4, 0.5) is 0 Å². The molecule has 0 aliphatic heterocycles. The van der Waals surface area contributed by atoms with Crippen LogP contribution in [0.25, 0.3) is 17.1 Å². The van der Waals surface area contributed by atoms with Crippen LogP contribution in [-0.4, -0.2) is 38.3 Å². The molecule has 0 saturated carbocycles. The molecule has 0 radical (unpaired) electrons. The molecule has 1 amide bonds. The molecule has 33 heavy (non-hydrogen) atoms. The van der Waals surface area contributed by atoms with Crippen molar-refractivity contribution in [3.63, 3.8) is 0 Å². The molecule has 0 aliphatic carbocycles. The summed E-state index contributed by atoms with van der Waals surface area (Å²) in [5.74, 6) is 0.0943. The maximum atomic E-state index is 12.3. The van der Waals surface area contributed by atoms with Crippen molar-refractivity contribution >= 4 is 39.8 Å². The molecular formula is C23H19BrN5O3S+. The molecule has 1 aromatic heterocycles. The lowest BCUT2D eigenvalue weighted by Gasteiger charge is -2.04. The van der Waals surface area contributed by atoms with Gasteiger partial charge >= 0.3 is 5.16 Å². The predicted octanol–water partition coefficient (Wildman–Crippen LogP) is 3.77. The molecule has 4 rings (SSSR count). The second-order valence-corrected chi connectivity index (χ2v) is 8.72. The number of H-pyrrole nitrogens is 1. The lowest BCUT2D eigenvalue weighted by atomic mass is 10.2. The van der Waals surface area contributed by atoms with Crippen LogP contribution in [0.1, 0.15) is 5.56 Å². The number of nitrogens with zero attached hydrogens (tertiary/aromatic N) is 3. The van der Waals surface area contributed by atoms with E-state index in [4.69, 9.17) is 0 Å². The van der Waals surface area contributed by atoms with Crippen molar-refractivity contribution < 1.29 is 19.6 Å². The zero-order valence-electron chi connectivity index (χ0n) is 17.1. The van der Waals surface area contributed by atoms with Gasteiger partial charge in [-0.1, -0.05) is 34.1 Å². The predicted molar refractivity (Wildman–Crippen MR) is 129 cm³/mol. The van der Waals surface area contributed by atoms with E-state index < -0.39 is 0 Å². The Labute approximate surface area is 202 Å². The van der Waals surface area contributed by atoms with Gasteiger partial charge in [0.25, 0.3) is 11.7 Å². The van der Waals surface area contributed by atoms with Gasteiger partial charge in [0.15, 0.2) is 11.5 Å². The normalized spacial score (nSPS) is 11.1. The van der Waals surface area contributed by atoms with Gasteiger partial charge in [-0.15, -0.1) is 5.10 Å². The van der Waals surface area contributed by atoms with Crippen LogP contribution < -0.4 is 9.99 Å². The van der Waals surface area contributed by atoms with Crippen molar-refractivity contribution in [2.75, 3.05) is 5.75 Å². The van der Waals surface area contributed by atoms with Crippen LogP contribution in [0.15, 0.2) is 87.5 Å². The molecule has 8 nitrogen and oxygen atoms in total. The Kier molecular flexibility index (Phi) is 7.06. The molecule has 0 atom stereocenters. The minimum absolute atomic E-state index is 0.0911. The number of nitrogens with one attached hydrogen (secondary N) is 2. The number of aromatic amines is 1. The molecule has 166 valence electrons. The molecule has 10 heteroatoms. The van der Waals surface area contributed by atoms with E-state index in [-0.39, 0.29) is 23.2 Å². The number of hydrogen-bond donors (Lipinski definition) is 4. The van der Waals surface area contributed by atoms with Crippen molar-refractivity contribution in [2.24, 2.45) is 5.10 Å². The van der Waals surface area contributed by atoms with Gasteiger partial charge in [-0.25, -0.2) is 5.43 Å². The third-order valence-corrected chi connectivity index (χ3v) is 6.01. The third kappa shape index (κ3) is 5.60. The number of phenolic OH excluding ortho intramolecular Hbond substituents is 2. The number of phenols is 2. The van der Waals surface area contributed by atoms with E-state index in [1.807, 2.05) is 59.2 Å². The smallest absolute Gasteiger partial charge is 0.342 e. The quantitative estimate of drug-likeness (QED) is 0.0965. The number of carbonyl (C=O) groups is 1. The Morgan fingerprint density at radius 1 is 1.09 bits per heavy atom. The van der Waals surface area contributed by atoms with Gasteiger partial charge in [0.2, 0.25) is 0 Å². The van der Waals surface area contributed by atoms with E-state index in [1.165, 1.54) is 30.1 Å². The monoisotopic (exact) mass is 524 g/mol. The van der Waals surface area contributed by atoms with Gasteiger partial charge in [-0.3, -0.25) is 4.79 Å². The van der Waals surface area contributed by atoms with Crippen molar-refractivity contribution in [3.8, 4) is 28.6 Å². The molecule has 0 aliphatic rings. The number of benzene rings is 3. The molecule has 0 fully saturated rings. The molecule has 0 unspecified atom stereocenters. The summed E-state index contributed by atoms with van der Waals surface area (Å²) in [6.07, 6.45) is 1.38. The molecular weight excluding hydrogens is 506 g/mol. The summed E-state index contributed by atoms with van der Waals surface area (Å²) in [5.41, 5.74) is 4.85. The topological polar surface area (TPSA) is 114 Å². The third-order valence-electron chi connectivity index (χ3n) is 4.54. The first kappa shape index (κ1) is 22.6. The molecule has 4 aromatic rings. The minimum atomic E-state index is -0.314. The number of amides is 1. The maximum absolute atomic E-state index is 12.3. The summed E-state index contributed by atoms with van der Waals surface area (Å²) in [4.78, 5) is 12.3. The summed E-state index contributed by atoms with van der Waals surface area (Å²) in [5, 5.41) is 30.9. The second-order valence-electron chi connectivity index (χ2n) is 6.86. The first-order valence-corrected chi connectivity index (χ1v) is 11.6. The average molecular weight is 525 g/mol. The highest BCUT2D eigenvalue weighted by Crippen LogP contribution is 2.24. The summed E-state index contributed by atoms with van der Waals surface area (Å²) in [6.45, 7) is 0. The number of hydrogen-bond acceptors (Lipinski definition) is 6. The van der Waals surface area contributed by atoms with Crippen molar-refractivity contribution in [1.29, 1.82) is 0 Å². The summed E-state index contributed by atoms with van der Waals surface area (Å²) in [7, 11) is 0. The number of thioether (sulfide) groups is 1. The van der Waals surface area contributed by atoms with Gasteiger partial charge in [-0.05, 0) is 71.9 Å². The molecule has 0 bridgehead atoms. The first-order valence-electron chi connectivity index (χ1n) is 9.80. The van der Waals surface area contributed by atoms with E-state index >= 15 is 0 Å². The van der Waals surface area contributed by atoms with Crippen LogP contribution in [-0.2, 0) is 4.79 Å². The van der Waals surface area contributed by atoms with Gasteiger partial charge in [-0.2, -0.15) is 9.67 Å². The summed E-state index contributed by atoms with van der Waals surface area (Å²) < 4.78 is 2.92. The fourth-order valence-electron chi connectivity index (χ4n) is 2.97. The highest BCUT2D eigenvalue weighted by Gasteiger charge is 2.24. The number of aromatic hydroxyl groups is 2. The number of hydrazone groups is 1. The Bertz CT molecular complexity index is 1290. The second kappa shape index (κ2) is 10.3. The minimum Gasteiger partial charge on any atom is -0.504 e. The number of rotatable bonds is 7. The van der Waals surface area contributed by atoms with Gasteiger partial charge in [0, 0.05) is 4.47 Å². The van der Waals surface area contributed by atoms with Gasteiger partial charge < -0.3 is 10.2 Å². The lowest BCUT2D eigenvalue weighted by molar-refractivity contribution is -0.625. The highest BCUT2D eigenvalue weighted by atomic mass is 79.9. The van der Waals surface area contributed by atoms with Gasteiger partial charge in [0.05, 0.1) is 22.6 Å². The summed E-state index contributed by atoms with van der Waals surface area (Å²) >= 11 is 4.73. The first-order chi connectivity index (χ1) is 16.0. The van der Waals surface area contributed by atoms with E-state index in [1.54, 1.807) is 6.07 Å². The van der Waals surface area contributed by atoms with Crippen LogP contribution in [0.3, 0.4) is 0 Å². The number of carbonyl (C=O) groups excluding carboxylic acids is 1. The summed E-state index contributed by atoms with van der Waals surface area (Å²) in [6, 6.07) is 21.9. The number of halogens is 1. The number of aromatic nitrogens is 3. The Balaban J connectivity index is 1.49. The fourth-order valence-corrected chi connectivity index (χ4v) is 4.00. The van der Waals surface area contributed by atoms with Crippen molar-refractivity contribution in [1.82, 2.24) is 15.6 Å². The van der Waals surface area contributed by atoms with Crippen molar-refractivity contribution in [2.45, 2.75) is 5.16 Å². The Hall–Kier alpha value is -3.63. The zero-order valence-corrected chi connectivity index (χ0v) is 19.5. The maximum Gasteiger partial charge on any atom is 0.342 e. The van der Waals surface area contributed by atoms with E-state index in [2.05, 4.69) is 36.7 Å². The van der Waals surface area contributed by atoms with Crippen LogP contribution in [0, 0.1) is 0 Å². The largest absolute Gasteiger partial charge is 0.504 e. The van der Waals surface area contributed by atoms with Gasteiger partial charge in [0.1, 0.15) is 5.69 Å². The Morgan fingerprint density at radius 2 is 1.85 bits per heavy atom. The highest BCUT2D eigenvalue weighted by molar-refractivity contribution is 9.10.